The van der Waals surface area contributed by atoms with Crippen molar-refractivity contribution in [1.29, 1.82) is 0 Å². The predicted molar refractivity (Wildman–Crippen MR) is 112 cm³/mol. The Hall–Kier alpha value is -3.35. The van der Waals surface area contributed by atoms with Gasteiger partial charge in [0.05, 0.1) is 0 Å². The zero-order chi connectivity index (χ0) is 21.8. The maximum atomic E-state index is 12.5. The zero-order valence-electron chi connectivity index (χ0n) is 17.3. The number of ether oxygens (including phenoxy) is 2. The summed E-state index contributed by atoms with van der Waals surface area (Å²) in [5, 5.41) is 5.12. The van der Waals surface area contributed by atoms with E-state index >= 15 is 0 Å². The normalized spacial score (nSPS) is 12.3. The van der Waals surface area contributed by atoms with Crippen LogP contribution >= 0.6 is 0 Å². The Labute approximate surface area is 176 Å². The van der Waals surface area contributed by atoms with E-state index in [1.807, 2.05) is 74.5 Å². The molecule has 7 heteroatoms. The van der Waals surface area contributed by atoms with Gasteiger partial charge in [-0.15, -0.1) is 0 Å². The number of rotatable bonds is 10. The largest absolute Gasteiger partial charge is 0.460 e. The quantitative estimate of drug-likeness (QED) is 0.585. The van der Waals surface area contributed by atoms with Gasteiger partial charge in [-0.25, -0.2) is 4.79 Å². The van der Waals surface area contributed by atoms with E-state index in [4.69, 9.17) is 9.47 Å². The summed E-state index contributed by atoms with van der Waals surface area (Å²) < 4.78 is 10.3. The fourth-order valence-corrected chi connectivity index (χ4v) is 2.65. The summed E-state index contributed by atoms with van der Waals surface area (Å²) in [5.74, 6) is -1.16. The Balaban J connectivity index is 1.80. The highest BCUT2D eigenvalue weighted by atomic mass is 16.5. The number of nitrogens with one attached hydrogen (secondary N) is 2. The maximum Gasteiger partial charge on any atom is 0.408 e. The molecule has 0 radical (unpaired) electrons. The van der Waals surface area contributed by atoms with Crippen molar-refractivity contribution in [2.75, 3.05) is 6.54 Å². The van der Waals surface area contributed by atoms with Gasteiger partial charge in [-0.05, 0) is 17.0 Å². The van der Waals surface area contributed by atoms with Crippen LogP contribution in [0.2, 0.25) is 0 Å². The van der Waals surface area contributed by atoms with Crippen LogP contribution in [0, 0.1) is 5.92 Å². The summed E-state index contributed by atoms with van der Waals surface area (Å²) in [4.78, 5) is 36.6. The molecule has 0 unspecified atom stereocenters. The van der Waals surface area contributed by atoms with Gasteiger partial charge < -0.3 is 20.1 Å². The molecule has 0 fully saturated rings. The first-order valence-electron chi connectivity index (χ1n) is 9.94. The molecular formula is C23H28N2O5. The Morgan fingerprint density at radius 2 is 1.40 bits per heavy atom. The summed E-state index contributed by atoms with van der Waals surface area (Å²) >= 11 is 0. The van der Waals surface area contributed by atoms with Crippen LogP contribution in [0.1, 0.15) is 31.4 Å². The smallest absolute Gasteiger partial charge is 0.408 e. The van der Waals surface area contributed by atoms with Crippen LogP contribution in [0.25, 0.3) is 0 Å². The number of alkyl carbamates (subject to hydrolysis) is 1. The highest BCUT2D eigenvalue weighted by Gasteiger charge is 2.27. The molecule has 2 rings (SSSR count). The van der Waals surface area contributed by atoms with E-state index in [-0.39, 0.29) is 25.7 Å². The van der Waals surface area contributed by atoms with Crippen molar-refractivity contribution in [2.45, 2.75) is 39.5 Å². The van der Waals surface area contributed by atoms with E-state index in [1.165, 1.54) is 0 Å². The first-order chi connectivity index (χ1) is 14.5. The molecule has 2 aromatic carbocycles. The zero-order valence-corrected chi connectivity index (χ0v) is 17.3. The molecule has 2 amide bonds. The van der Waals surface area contributed by atoms with Crippen LogP contribution in [-0.4, -0.2) is 30.6 Å². The average molecular weight is 412 g/mol. The highest BCUT2D eigenvalue weighted by molar-refractivity contribution is 5.88. The van der Waals surface area contributed by atoms with Crippen molar-refractivity contribution in [3.05, 3.63) is 71.8 Å². The van der Waals surface area contributed by atoms with Crippen LogP contribution in [0.5, 0.6) is 0 Å². The van der Waals surface area contributed by atoms with Gasteiger partial charge in [-0.1, -0.05) is 80.9 Å². The van der Waals surface area contributed by atoms with Crippen molar-refractivity contribution < 1.29 is 23.9 Å². The Kier molecular flexibility index (Phi) is 9.37. The number of carbonyl (C=O) groups excluding carboxylic acids is 3. The fraction of sp³-hybridized carbons (Fsp3) is 0.348. The molecule has 0 saturated heterocycles. The van der Waals surface area contributed by atoms with E-state index in [0.29, 0.717) is 6.42 Å². The Morgan fingerprint density at radius 3 is 1.93 bits per heavy atom. The molecule has 0 bridgehead atoms. The molecule has 2 N–H and O–H groups in total. The second-order valence-electron chi connectivity index (χ2n) is 6.93. The topological polar surface area (TPSA) is 93.7 Å². The predicted octanol–water partition coefficient (Wildman–Crippen LogP) is 3.19. The average Bonchev–Trinajstić information content (AvgIpc) is 2.79. The SMILES string of the molecule is CC[C@@H](C)[C@H](NC(=O)OCc1ccccc1)C(=O)NCC(=O)OCc1ccccc1. The number of benzene rings is 2. The maximum absolute atomic E-state index is 12.5. The van der Waals surface area contributed by atoms with Gasteiger partial charge in [0.15, 0.2) is 0 Å². The summed E-state index contributed by atoms with van der Waals surface area (Å²) in [7, 11) is 0. The molecule has 2 atom stereocenters. The highest BCUT2D eigenvalue weighted by Crippen LogP contribution is 2.09. The summed E-state index contributed by atoms with van der Waals surface area (Å²) in [5.41, 5.74) is 1.70. The summed E-state index contributed by atoms with van der Waals surface area (Å²) in [6.07, 6.45) is -0.0267. The van der Waals surface area contributed by atoms with Gasteiger partial charge >= 0.3 is 12.1 Å². The van der Waals surface area contributed by atoms with Crippen molar-refractivity contribution in [2.24, 2.45) is 5.92 Å². The molecule has 0 saturated carbocycles. The van der Waals surface area contributed by atoms with Gasteiger partial charge in [0.2, 0.25) is 5.91 Å². The number of hydrogen-bond donors (Lipinski definition) is 2. The Morgan fingerprint density at radius 1 is 0.867 bits per heavy atom. The van der Waals surface area contributed by atoms with E-state index in [1.54, 1.807) is 0 Å². The van der Waals surface area contributed by atoms with Crippen LogP contribution in [0.3, 0.4) is 0 Å². The second-order valence-corrected chi connectivity index (χ2v) is 6.93. The Bertz CT molecular complexity index is 811. The molecule has 0 aromatic heterocycles. The molecule has 0 spiro atoms. The van der Waals surface area contributed by atoms with Gasteiger partial charge in [0, 0.05) is 0 Å². The van der Waals surface area contributed by atoms with Gasteiger partial charge in [-0.2, -0.15) is 0 Å². The third-order valence-electron chi connectivity index (χ3n) is 4.63. The summed E-state index contributed by atoms with van der Waals surface area (Å²) in [6.45, 7) is 3.71. The lowest BCUT2D eigenvalue weighted by atomic mass is 9.98. The standard InChI is InChI=1S/C23H28N2O5/c1-3-17(2)21(25-23(28)30-16-19-12-8-5-9-13-19)22(27)24-14-20(26)29-15-18-10-6-4-7-11-18/h4-13,17,21H,3,14-16H2,1-2H3,(H,24,27)(H,25,28)/t17-,21+/m1/s1. The number of esters is 1. The van der Waals surface area contributed by atoms with Crippen LogP contribution in [-0.2, 0) is 32.3 Å². The van der Waals surface area contributed by atoms with E-state index < -0.39 is 24.0 Å². The number of carbonyl (C=O) groups is 3. The number of hydrogen-bond acceptors (Lipinski definition) is 5. The first kappa shape index (κ1) is 22.9. The van der Waals surface area contributed by atoms with Gasteiger partial charge in [0.25, 0.3) is 0 Å². The van der Waals surface area contributed by atoms with Crippen molar-refractivity contribution in [3.8, 4) is 0 Å². The molecule has 160 valence electrons. The van der Waals surface area contributed by atoms with E-state index in [2.05, 4.69) is 10.6 Å². The lowest BCUT2D eigenvalue weighted by molar-refractivity contribution is -0.145. The molecule has 2 aromatic rings. The van der Waals surface area contributed by atoms with Crippen LogP contribution < -0.4 is 10.6 Å². The molecule has 0 aliphatic rings. The van der Waals surface area contributed by atoms with Crippen LogP contribution in [0.15, 0.2) is 60.7 Å². The van der Waals surface area contributed by atoms with Gasteiger partial charge in [0.1, 0.15) is 25.8 Å². The summed E-state index contributed by atoms with van der Waals surface area (Å²) in [6, 6.07) is 17.7. The lowest BCUT2D eigenvalue weighted by Gasteiger charge is -2.23. The minimum atomic E-state index is -0.819. The lowest BCUT2D eigenvalue weighted by Crippen LogP contribution is -2.51. The minimum Gasteiger partial charge on any atom is -0.460 e. The minimum absolute atomic E-state index is 0.104. The van der Waals surface area contributed by atoms with Crippen molar-refractivity contribution in [1.82, 2.24) is 10.6 Å². The molecule has 0 heterocycles. The van der Waals surface area contributed by atoms with Crippen LogP contribution in [0.4, 0.5) is 4.79 Å². The third kappa shape index (κ3) is 7.95. The molecule has 30 heavy (non-hydrogen) atoms. The van der Waals surface area contributed by atoms with Crippen molar-refractivity contribution in [3.63, 3.8) is 0 Å². The van der Waals surface area contributed by atoms with E-state index in [9.17, 15) is 14.4 Å². The first-order valence-corrected chi connectivity index (χ1v) is 9.94. The molecule has 0 aliphatic heterocycles. The molecular weight excluding hydrogens is 384 g/mol. The van der Waals surface area contributed by atoms with Crippen molar-refractivity contribution >= 4 is 18.0 Å². The van der Waals surface area contributed by atoms with Gasteiger partial charge in [-0.3, -0.25) is 9.59 Å². The molecule has 0 aliphatic carbocycles. The monoisotopic (exact) mass is 412 g/mol. The third-order valence-corrected chi connectivity index (χ3v) is 4.63. The number of amides is 2. The molecule has 7 nitrogen and oxygen atoms in total. The fourth-order valence-electron chi connectivity index (χ4n) is 2.65. The second kappa shape index (κ2) is 12.3. The van der Waals surface area contributed by atoms with E-state index in [0.717, 1.165) is 11.1 Å².